The van der Waals surface area contributed by atoms with Crippen molar-refractivity contribution in [2.24, 2.45) is 0 Å². The number of aromatic hydroxyl groups is 1. The van der Waals surface area contributed by atoms with Crippen molar-refractivity contribution in [1.29, 1.82) is 0 Å². The number of hydrogen-bond acceptors (Lipinski definition) is 7. The van der Waals surface area contributed by atoms with Crippen LogP contribution in [0.3, 0.4) is 0 Å². The van der Waals surface area contributed by atoms with E-state index in [2.05, 4.69) is 15.2 Å². The molecule has 2 aromatic carbocycles. The molecule has 1 aromatic heterocycles. The summed E-state index contributed by atoms with van der Waals surface area (Å²) in [6, 6.07) is 15.9. The standard InChI is InChI=1S/C27H35N3O5/c31-23-10-8-21(22-9-11-25(33)29-26(22)23)24(32)18-28-19-27(34)12-15-30(16-13-27)14-4-5-17-35-20-6-2-1-3-7-20/h1-3,6-11,24,28,31-32,34H,4-5,12-19H2,(H,29,33)/t24-/m0/s1. The molecule has 188 valence electrons. The summed E-state index contributed by atoms with van der Waals surface area (Å²) in [6.45, 7) is 4.05. The molecule has 0 unspecified atom stereocenters. The maximum atomic E-state index is 11.6. The average Bonchev–Trinajstić information content (AvgIpc) is 2.86. The molecule has 1 atom stereocenters. The molecule has 5 N–H and O–H groups in total. The molecule has 35 heavy (non-hydrogen) atoms. The van der Waals surface area contributed by atoms with Crippen LogP contribution in [0.25, 0.3) is 10.9 Å². The fourth-order valence-corrected chi connectivity index (χ4v) is 4.61. The number of fused-ring (bicyclic) bond motifs is 1. The fraction of sp³-hybridized carbons (Fsp3) is 0.444. The monoisotopic (exact) mass is 481 g/mol. The molecule has 1 aliphatic rings. The second kappa shape index (κ2) is 11.7. The zero-order chi connectivity index (χ0) is 24.7. The number of phenols is 1. The number of nitrogens with one attached hydrogen (secondary N) is 2. The first-order chi connectivity index (χ1) is 16.9. The molecule has 1 saturated heterocycles. The number of unbranched alkanes of at least 4 members (excludes halogenated alkanes) is 1. The molecule has 0 aliphatic carbocycles. The SMILES string of the molecule is O=c1ccc2c([C@@H](O)CNCC3(O)CCN(CCCCOc4ccccc4)CC3)ccc(O)c2[nH]1. The number of aromatic amines is 1. The van der Waals surface area contributed by atoms with Crippen LogP contribution in [-0.4, -0.2) is 70.1 Å². The van der Waals surface area contributed by atoms with Gasteiger partial charge in [-0.15, -0.1) is 0 Å². The third kappa shape index (κ3) is 6.82. The highest BCUT2D eigenvalue weighted by molar-refractivity contribution is 5.87. The van der Waals surface area contributed by atoms with Crippen LogP contribution in [0.4, 0.5) is 0 Å². The Morgan fingerprint density at radius 2 is 1.83 bits per heavy atom. The zero-order valence-electron chi connectivity index (χ0n) is 19.9. The van der Waals surface area contributed by atoms with Crippen molar-refractivity contribution < 1.29 is 20.1 Å². The van der Waals surface area contributed by atoms with Gasteiger partial charge in [-0.2, -0.15) is 0 Å². The van der Waals surface area contributed by atoms with Crippen LogP contribution in [0.2, 0.25) is 0 Å². The number of aliphatic hydroxyl groups excluding tert-OH is 1. The lowest BCUT2D eigenvalue weighted by molar-refractivity contribution is -0.0217. The highest BCUT2D eigenvalue weighted by atomic mass is 16.5. The van der Waals surface area contributed by atoms with Gasteiger partial charge in [-0.05, 0) is 62.1 Å². The van der Waals surface area contributed by atoms with E-state index in [0.717, 1.165) is 38.2 Å². The van der Waals surface area contributed by atoms with E-state index < -0.39 is 11.7 Å². The maximum absolute atomic E-state index is 11.6. The molecule has 1 fully saturated rings. The van der Waals surface area contributed by atoms with Gasteiger partial charge in [-0.1, -0.05) is 24.3 Å². The molecule has 0 radical (unpaired) electrons. The number of benzene rings is 2. The van der Waals surface area contributed by atoms with Gasteiger partial charge >= 0.3 is 0 Å². The van der Waals surface area contributed by atoms with E-state index in [1.165, 1.54) is 12.1 Å². The van der Waals surface area contributed by atoms with E-state index in [-0.39, 0.29) is 17.9 Å². The Hall–Kier alpha value is -2.91. The minimum absolute atomic E-state index is 0.0357. The number of aromatic nitrogens is 1. The first-order valence-electron chi connectivity index (χ1n) is 12.3. The summed E-state index contributed by atoms with van der Waals surface area (Å²) in [6.07, 6.45) is 2.57. The van der Waals surface area contributed by atoms with E-state index in [9.17, 15) is 20.1 Å². The van der Waals surface area contributed by atoms with Crippen LogP contribution in [-0.2, 0) is 0 Å². The van der Waals surface area contributed by atoms with Crippen LogP contribution in [0.5, 0.6) is 11.5 Å². The van der Waals surface area contributed by atoms with Crippen LogP contribution < -0.4 is 15.6 Å². The Balaban J connectivity index is 1.17. The van der Waals surface area contributed by atoms with Gasteiger partial charge in [-0.3, -0.25) is 4.79 Å². The van der Waals surface area contributed by atoms with Gasteiger partial charge in [0.15, 0.2) is 0 Å². The van der Waals surface area contributed by atoms with Crippen LogP contribution >= 0.6 is 0 Å². The molecular formula is C27H35N3O5. The molecule has 0 amide bonds. The van der Waals surface area contributed by atoms with Crippen molar-refractivity contribution >= 4 is 10.9 Å². The Bertz CT molecular complexity index is 1140. The summed E-state index contributed by atoms with van der Waals surface area (Å²) in [5, 5.41) is 35.5. The minimum atomic E-state index is -0.842. The topological polar surface area (TPSA) is 118 Å². The number of nitrogens with zero attached hydrogens (tertiary/aromatic N) is 1. The van der Waals surface area contributed by atoms with Crippen molar-refractivity contribution in [3.63, 3.8) is 0 Å². The highest BCUT2D eigenvalue weighted by Gasteiger charge is 2.31. The first kappa shape index (κ1) is 25.2. The Morgan fingerprint density at radius 3 is 2.60 bits per heavy atom. The molecule has 8 nitrogen and oxygen atoms in total. The van der Waals surface area contributed by atoms with Gasteiger partial charge < -0.3 is 35.3 Å². The number of phenolic OH excluding ortho intramolecular Hbond substituents is 1. The Labute approximate surface area is 205 Å². The Morgan fingerprint density at radius 1 is 1.06 bits per heavy atom. The normalized spacial score (nSPS) is 16.9. The Kier molecular flexibility index (Phi) is 8.41. The highest BCUT2D eigenvalue weighted by Crippen LogP contribution is 2.29. The molecular weight excluding hydrogens is 446 g/mol. The van der Waals surface area contributed by atoms with Crippen LogP contribution in [0, 0.1) is 0 Å². The predicted molar refractivity (Wildman–Crippen MR) is 136 cm³/mol. The molecule has 0 saturated carbocycles. The first-order valence-corrected chi connectivity index (χ1v) is 12.3. The van der Waals surface area contributed by atoms with E-state index in [1.807, 2.05) is 30.3 Å². The molecule has 1 aliphatic heterocycles. The number of piperidine rings is 1. The number of aliphatic hydroxyl groups is 2. The summed E-state index contributed by atoms with van der Waals surface area (Å²) in [4.78, 5) is 16.6. The molecule has 3 aromatic rings. The van der Waals surface area contributed by atoms with Gasteiger partial charge in [0, 0.05) is 37.6 Å². The van der Waals surface area contributed by atoms with Gasteiger partial charge in [0.05, 0.1) is 23.8 Å². The summed E-state index contributed by atoms with van der Waals surface area (Å²) in [5.41, 5.74) is -0.188. The smallest absolute Gasteiger partial charge is 0.248 e. The summed E-state index contributed by atoms with van der Waals surface area (Å²) in [5.74, 6) is 0.869. The zero-order valence-corrected chi connectivity index (χ0v) is 19.9. The lowest BCUT2D eigenvalue weighted by atomic mass is 9.91. The van der Waals surface area contributed by atoms with Crippen molar-refractivity contribution in [3.8, 4) is 11.5 Å². The van der Waals surface area contributed by atoms with Crippen molar-refractivity contribution in [3.05, 3.63) is 70.5 Å². The molecule has 0 bridgehead atoms. The minimum Gasteiger partial charge on any atom is -0.506 e. The number of pyridine rings is 1. The van der Waals surface area contributed by atoms with E-state index in [1.54, 1.807) is 12.1 Å². The summed E-state index contributed by atoms with van der Waals surface area (Å²) in [7, 11) is 0. The van der Waals surface area contributed by atoms with Gasteiger partial charge in [0.1, 0.15) is 11.5 Å². The van der Waals surface area contributed by atoms with E-state index in [4.69, 9.17) is 4.74 Å². The molecule has 2 heterocycles. The van der Waals surface area contributed by atoms with Crippen LogP contribution in [0.15, 0.2) is 59.4 Å². The number of hydrogen-bond donors (Lipinski definition) is 5. The van der Waals surface area contributed by atoms with Crippen molar-refractivity contribution in [1.82, 2.24) is 15.2 Å². The van der Waals surface area contributed by atoms with Gasteiger partial charge in [0.2, 0.25) is 5.56 Å². The van der Waals surface area contributed by atoms with Crippen molar-refractivity contribution in [2.45, 2.75) is 37.4 Å². The largest absolute Gasteiger partial charge is 0.506 e. The van der Waals surface area contributed by atoms with E-state index in [0.29, 0.717) is 42.5 Å². The lowest BCUT2D eigenvalue weighted by Crippen LogP contribution is -2.50. The predicted octanol–water partition coefficient (Wildman–Crippen LogP) is 2.54. The number of ether oxygens (including phenoxy) is 1. The molecule has 0 spiro atoms. The van der Waals surface area contributed by atoms with Gasteiger partial charge in [0.25, 0.3) is 0 Å². The van der Waals surface area contributed by atoms with Gasteiger partial charge in [-0.25, -0.2) is 0 Å². The number of H-pyrrole nitrogens is 1. The second-order valence-corrected chi connectivity index (χ2v) is 9.37. The van der Waals surface area contributed by atoms with E-state index >= 15 is 0 Å². The molecule has 4 rings (SSSR count). The third-order valence-corrected chi connectivity index (χ3v) is 6.72. The van der Waals surface area contributed by atoms with Crippen molar-refractivity contribution in [2.75, 3.05) is 39.3 Å². The lowest BCUT2D eigenvalue weighted by Gasteiger charge is -2.38. The maximum Gasteiger partial charge on any atom is 0.248 e. The quantitative estimate of drug-likeness (QED) is 0.267. The third-order valence-electron chi connectivity index (χ3n) is 6.72. The average molecular weight is 482 g/mol. The fourth-order valence-electron chi connectivity index (χ4n) is 4.61. The number of para-hydroxylation sites is 1. The summed E-state index contributed by atoms with van der Waals surface area (Å²) < 4.78 is 5.74. The number of rotatable bonds is 11. The summed E-state index contributed by atoms with van der Waals surface area (Å²) >= 11 is 0. The van der Waals surface area contributed by atoms with Crippen LogP contribution in [0.1, 0.15) is 37.4 Å². The number of likely N-dealkylation sites (tertiary alicyclic amines) is 1. The second-order valence-electron chi connectivity index (χ2n) is 9.37. The molecule has 8 heteroatoms.